The molecule has 0 radical (unpaired) electrons. The molecule has 0 fully saturated rings. The maximum absolute atomic E-state index is 2.57. The van der Waals surface area contributed by atoms with Gasteiger partial charge in [0.15, 0.2) is 0 Å². The summed E-state index contributed by atoms with van der Waals surface area (Å²) in [4.78, 5) is 0. The fourth-order valence-corrected chi connectivity index (χ4v) is 5.71. The van der Waals surface area contributed by atoms with Gasteiger partial charge in [-0.15, -0.1) is 0 Å². The second-order valence-corrected chi connectivity index (χ2v) is 10.3. The van der Waals surface area contributed by atoms with Crippen LogP contribution in [-0.4, -0.2) is 0 Å². The fraction of sp³-hybridized carbons (Fsp3) is 0.448. The smallest absolute Gasteiger partial charge is 0.0171 e. The van der Waals surface area contributed by atoms with Crippen LogP contribution in [0.5, 0.6) is 0 Å². The van der Waals surface area contributed by atoms with Crippen LogP contribution in [0, 0.1) is 24.2 Å². The van der Waals surface area contributed by atoms with E-state index in [1.54, 1.807) is 11.1 Å². The molecule has 1 aromatic rings. The van der Waals surface area contributed by atoms with Crippen molar-refractivity contribution in [3.05, 3.63) is 80.3 Å². The highest BCUT2D eigenvalue weighted by Gasteiger charge is 2.43. The van der Waals surface area contributed by atoms with Gasteiger partial charge in [-0.2, -0.15) is 0 Å². The van der Waals surface area contributed by atoms with Crippen LogP contribution >= 0.6 is 0 Å². The summed E-state index contributed by atoms with van der Waals surface area (Å²) < 4.78 is 0. The normalized spacial score (nSPS) is 23.1. The van der Waals surface area contributed by atoms with E-state index in [2.05, 4.69) is 97.9 Å². The van der Waals surface area contributed by atoms with E-state index in [9.17, 15) is 0 Å². The van der Waals surface area contributed by atoms with Gasteiger partial charge in [-0.05, 0) is 75.5 Å². The molecule has 1 unspecified atom stereocenters. The molecule has 0 saturated heterocycles. The van der Waals surface area contributed by atoms with Crippen LogP contribution in [0.1, 0.15) is 71.9 Å². The Morgan fingerprint density at radius 3 is 2.17 bits per heavy atom. The summed E-state index contributed by atoms with van der Waals surface area (Å²) in [6.45, 7) is 18.9. The molecule has 0 heterocycles. The largest absolute Gasteiger partial charge is 0.0801 e. The second-order valence-electron chi connectivity index (χ2n) is 10.3. The van der Waals surface area contributed by atoms with Crippen molar-refractivity contribution < 1.29 is 0 Å². The summed E-state index contributed by atoms with van der Waals surface area (Å²) in [6, 6.07) is 4.79. The van der Waals surface area contributed by atoms with Gasteiger partial charge in [-0.3, -0.25) is 0 Å². The highest BCUT2D eigenvalue weighted by Crippen LogP contribution is 2.55. The monoisotopic (exact) mass is 384 g/mol. The van der Waals surface area contributed by atoms with E-state index < -0.39 is 0 Å². The lowest BCUT2D eigenvalue weighted by Crippen LogP contribution is -2.35. The van der Waals surface area contributed by atoms with Gasteiger partial charge < -0.3 is 0 Å². The van der Waals surface area contributed by atoms with Crippen LogP contribution in [0.15, 0.2) is 58.7 Å². The molecule has 0 amide bonds. The average Bonchev–Trinajstić information content (AvgIpc) is 3.27. The van der Waals surface area contributed by atoms with Crippen LogP contribution in [0.4, 0.5) is 0 Å². The Kier molecular flexibility index (Phi) is 4.88. The van der Waals surface area contributed by atoms with Gasteiger partial charge in [0.1, 0.15) is 0 Å². The summed E-state index contributed by atoms with van der Waals surface area (Å²) in [5, 5.41) is 2.89. The van der Waals surface area contributed by atoms with Gasteiger partial charge in [0.05, 0.1) is 0 Å². The van der Waals surface area contributed by atoms with E-state index in [1.165, 1.54) is 38.3 Å². The van der Waals surface area contributed by atoms with Crippen LogP contribution in [0.25, 0.3) is 11.6 Å². The number of fused-ring (bicyclic) bond motifs is 2. The first kappa shape index (κ1) is 20.2. The molecule has 1 aromatic carbocycles. The van der Waals surface area contributed by atoms with Crippen molar-refractivity contribution in [3.8, 4) is 0 Å². The minimum absolute atomic E-state index is 0.0659. The maximum atomic E-state index is 2.57. The molecule has 0 spiro atoms. The Bertz CT molecular complexity index is 1110. The molecule has 152 valence electrons. The molecule has 0 N–H and O–H groups in total. The summed E-state index contributed by atoms with van der Waals surface area (Å²) in [7, 11) is 0. The van der Waals surface area contributed by atoms with Gasteiger partial charge in [-0.25, -0.2) is 0 Å². The molecule has 1 atom stereocenters. The maximum Gasteiger partial charge on any atom is 0.0171 e. The minimum atomic E-state index is 0.0659. The van der Waals surface area contributed by atoms with Crippen molar-refractivity contribution in [1.82, 2.24) is 0 Å². The van der Waals surface area contributed by atoms with Crippen LogP contribution in [0.2, 0.25) is 0 Å². The predicted octanol–water partition coefficient (Wildman–Crippen LogP) is 6.50. The van der Waals surface area contributed by atoms with Gasteiger partial charge in [0.2, 0.25) is 0 Å². The molecule has 0 saturated carbocycles. The van der Waals surface area contributed by atoms with E-state index in [4.69, 9.17) is 0 Å². The topological polar surface area (TPSA) is 0 Å². The third-order valence-corrected chi connectivity index (χ3v) is 7.38. The number of benzene rings is 1. The zero-order valence-electron chi connectivity index (χ0n) is 19.5. The molecule has 29 heavy (non-hydrogen) atoms. The van der Waals surface area contributed by atoms with Crippen LogP contribution < -0.4 is 10.4 Å². The molecule has 0 nitrogen and oxygen atoms in total. The number of hydrogen-bond acceptors (Lipinski definition) is 0. The molecule has 0 aliphatic heterocycles. The predicted molar refractivity (Wildman–Crippen MR) is 127 cm³/mol. The molecular formula is C29H36. The van der Waals surface area contributed by atoms with Crippen molar-refractivity contribution in [1.29, 1.82) is 0 Å². The highest BCUT2D eigenvalue weighted by atomic mass is 14.5. The number of aryl methyl sites for hydroxylation is 1. The van der Waals surface area contributed by atoms with Crippen molar-refractivity contribution in [2.75, 3.05) is 0 Å². The van der Waals surface area contributed by atoms with Crippen molar-refractivity contribution in [2.24, 2.45) is 17.3 Å². The molecule has 4 rings (SSSR count). The lowest BCUT2D eigenvalue weighted by atomic mass is 9.58. The van der Waals surface area contributed by atoms with Crippen LogP contribution in [0.3, 0.4) is 0 Å². The third kappa shape index (κ3) is 2.95. The van der Waals surface area contributed by atoms with Crippen molar-refractivity contribution in [3.63, 3.8) is 0 Å². The molecule has 0 aromatic heterocycles. The average molecular weight is 385 g/mol. The van der Waals surface area contributed by atoms with E-state index in [0.29, 0.717) is 17.8 Å². The Balaban J connectivity index is 2.17. The lowest BCUT2D eigenvalue weighted by molar-refractivity contribution is 0.311. The van der Waals surface area contributed by atoms with Crippen molar-refractivity contribution >= 4 is 11.6 Å². The van der Waals surface area contributed by atoms with Gasteiger partial charge in [-0.1, -0.05) is 96.0 Å². The number of rotatable bonds is 4. The lowest BCUT2D eigenvalue weighted by Gasteiger charge is -2.45. The summed E-state index contributed by atoms with van der Waals surface area (Å²) in [6.07, 6.45) is 13.0. The molecule has 3 aliphatic rings. The Labute approximate surface area is 177 Å². The number of hydrogen-bond donors (Lipinski definition) is 0. The summed E-state index contributed by atoms with van der Waals surface area (Å²) >= 11 is 0. The summed E-state index contributed by atoms with van der Waals surface area (Å²) in [5.74, 6) is 1.59. The minimum Gasteiger partial charge on any atom is -0.0801 e. The molecular weight excluding hydrogens is 348 g/mol. The van der Waals surface area contributed by atoms with E-state index in [1.807, 2.05) is 0 Å². The Morgan fingerprint density at radius 1 is 0.897 bits per heavy atom. The number of allylic oxidation sites excluding steroid dienone is 8. The van der Waals surface area contributed by atoms with Crippen molar-refractivity contribution in [2.45, 2.75) is 67.7 Å². The van der Waals surface area contributed by atoms with Gasteiger partial charge in [0.25, 0.3) is 0 Å². The zero-order valence-corrected chi connectivity index (χ0v) is 19.5. The van der Waals surface area contributed by atoms with Crippen LogP contribution in [-0.2, 0) is 0 Å². The molecule has 0 heteroatoms. The highest BCUT2D eigenvalue weighted by molar-refractivity contribution is 5.93. The second kappa shape index (κ2) is 7.01. The molecule has 0 bridgehead atoms. The Morgan fingerprint density at radius 2 is 1.62 bits per heavy atom. The quantitative estimate of drug-likeness (QED) is 0.555. The first-order chi connectivity index (χ1) is 13.7. The van der Waals surface area contributed by atoms with E-state index >= 15 is 0 Å². The first-order valence-corrected chi connectivity index (χ1v) is 11.4. The zero-order chi connectivity index (χ0) is 21.1. The summed E-state index contributed by atoms with van der Waals surface area (Å²) in [5.41, 5.74) is 10.5. The third-order valence-electron chi connectivity index (χ3n) is 7.38. The van der Waals surface area contributed by atoms with E-state index in [-0.39, 0.29) is 5.41 Å². The SMILES string of the molecule is Cc1cc(C(C)C)c2c(c1)=CC1=C(C3=CC=CC3)C(C)(C(C)C)C(C(C)C)=CC=21. The Hall–Kier alpha value is -2.08. The van der Waals surface area contributed by atoms with Gasteiger partial charge >= 0.3 is 0 Å². The fourth-order valence-electron chi connectivity index (χ4n) is 5.71. The van der Waals surface area contributed by atoms with Gasteiger partial charge in [0, 0.05) is 5.41 Å². The van der Waals surface area contributed by atoms with E-state index in [0.717, 1.165) is 6.42 Å². The molecule has 3 aliphatic carbocycles. The standard InChI is InChI=1S/C29H36/c1-17(2)23-14-20(7)13-22-15-25-24(27(22)23)16-26(18(3)4)29(8,19(5)6)28(25)21-11-9-10-12-21/h9-11,13-19H,12H2,1-8H3. The first-order valence-electron chi connectivity index (χ1n) is 11.4.